The van der Waals surface area contributed by atoms with Gasteiger partial charge < -0.3 is 34.6 Å². The van der Waals surface area contributed by atoms with Crippen LogP contribution in [0.3, 0.4) is 0 Å². The zero-order chi connectivity index (χ0) is 35.1. The number of ether oxygens (including phenoxy) is 3. The van der Waals surface area contributed by atoms with Crippen LogP contribution in [0.15, 0.2) is 66.7 Å². The van der Waals surface area contributed by atoms with Crippen LogP contribution in [0.1, 0.15) is 67.9 Å². The molecule has 5 rings (SSSR count). The first-order chi connectivity index (χ1) is 24.4. The van der Waals surface area contributed by atoms with E-state index in [1.165, 1.54) is 6.07 Å². The van der Waals surface area contributed by atoms with Crippen molar-refractivity contribution in [2.75, 3.05) is 39.3 Å². The molecule has 13 heteroatoms. The van der Waals surface area contributed by atoms with Gasteiger partial charge in [-0.3, -0.25) is 9.59 Å². The largest absolute Gasteiger partial charge is 0.474 e. The van der Waals surface area contributed by atoms with Crippen molar-refractivity contribution in [3.8, 4) is 17.3 Å². The molecule has 0 unspecified atom stereocenters. The highest BCUT2D eigenvalue weighted by Gasteiger charge is 2.31. The van der Waals surface area contributed by atoms with Gasteiger partial charge in [-0.15, -0.1) is 0 Å². The lowest BCUT2D eigenvalue weighted by atomic mass is 10.1. The highest BCUT2D eigenvalue weighted by Crippen LogP contribution is 2.25. The van der Waals surface area contributed by atoms with Crippen LogP contribution in [0.5, 0.6) is 5.88 Å². The number of alkyl carbamates (subject to hydrolysis) is 1. The average Bonchev–Trinajstić information content (AvgIpc) is 3.67. The van der Waals surface area contributed by atoms with E-state index in [9.17, 15) is 19.2 Å². The maximum Gasteiger partial charge on any atom is 0.409 e. The standard InChI is InChI=1S/C37H46N6O7/c1-2-48-37(47)43-23-21-42(22-24-43)35(45)30(19-11-12-20-38-36(46)49-26-27-13-5-3-6-14-27)40-34(44)31-25-32(50-29-17-9-10-18-29)41-33(39-31)28-15-7-4-8-16-28/h3-8,13-16,25,29-30H,2,9-12,17-24,26H2,1H3,(H,38,46)(H,40,44)/t30-/m0/s1. The molecule has 1 atom stereocenters. The third-order valence-corrected chi connectivity index (χ3v) is 8.68. The van der Waals surface area contributed by atoms with Gasteiger partial charge in [0.15, 0.2) is 5.82 Å². The molecule has 0 bridgehead atoms. The van der Waals surface area contributed by atoms with E-state index in [0.717, 1.165) is 36.8 Å². The SMILES string of the molecule is CCOC(=O)N1CCN(C(=O)[C@H](CCCCNC(=O)OCc2ccccc2)NC(=O)c2cc(OC3CCCC3)nc(-c3ccccc3)n2)CC1. The molecular formula is C37H46N6O7. The van der Waals surface area contributed by atoms with E-state index in [2.05, 4.69) is 20.6 Å². The molecule has 3 aromatic rings. The minimum Gasteiger partial charge on any atom is -0.474 e. The lowest BCUT2D eigenvalue weighted by Crippen LogP contribution is -2.56. The number of aromatic nitrogens is 2. The highest BCUT2D eigenvalue weighted by atomic mass is 16.6. The van der Waals surface area contributed by atoms with Gasteiger partial charge in [-0.05, 0) is 57.4 Å². The van der Waals surface area contributed by atoms with Crippen LogP contribution in [-0.2, 0) is 20.9 Å². The van der Waals surface area contributed by atoms with Gasteiger partial charge in [0.05, 0.1) is 6.61 Å². The second-order valence-electron chi connectivity index (χ2n) is 12.3. The maximum absolute atomic E-state index is 13.9. The molecule has 1 aromatic heterocycles. The van der Waals surface area contributed by atoms with Crippen LogP contribution in [0, 0.1) is 0 Å². The van der Waals surface area contributed by atoms with Crippen LogP contribution < -0.4 is 15.4 Å². The molecule has 1 aliphatic heterocycles. The summed E-state index contributed by atoms with van der Waals surface area (Å²) in [6.45, 7) is 3.80. The Balaban J connectivity index is 1.24. The van der Waals surface area contributed by atoms with Crippen LogP contribution >= 0.6 is 0 Å². The number of nitrogens with one attached hydrogen (secondary N) is 2. The highest BCUT2D eigenvalue weighted by molar-refractivity contribution is 5.96. The Labute approximate surface area is 292 Å². The van der Waals surface area contributed by atoms with E-state index < -0.39 is 24.1 Å². The topological polar surface area (TPSA) is 152 Å². The zero-order valence-corrected chi connectivity index (χ0v) is 28.6. The number of carbonyl (C=O) groups is 4. The molecule has 2 aliphatic rings. The fourth-order valence-corrected chi connectivity index (χ4v) is 5.97. The van der Waals surface area contributed by atoms with E-state index in [-0.39, 0.29) is 30.9 Å². The number of benzene rings is 2. The summed E-state index contributed by atoms with van der Waals surface area (Å²) in [5.74, 6) is -0.0997. The number of hydrogen-bond acceptors (Lipinski definition) is 9. The Kier molecular flexibility index (Phi) is 13.4. The molecule has 0 radical (unpaired) electrons. The summed E-state index contributed by atoms with van der Waals surface area (Å²) in [6.07, 6.45) is 4.51. The van der Waals surface area contributed by atoms with Gasteiger partial charge >= 0.3 is 12.2 Å². The lowest BCUT2D eigenvalue weighted by Gasteiger charge is -2.36. The molecule has 13 nitrogen and oxygen atoms in total. The molecule has 0 spiro atoms. The van der Waals surface area contributed by atoms with Gasteiger partial charge in [-0.1, -0.05) is 60.7 Å². The van der Waals surface area contributed by atoms with E-state index >= 15 is 0 Å². The predicted octanol–water partition coefficient (Wildman–Crippen LogP) is 4.96. The fraction of sp³-hybridized carbons (Fsp3) is 0.459. The summed E-state index contributed by atoms with van der Waals surface area (Å²) >= 11 is 0. The Morgan fingerprint density at radius 2 is 1.54 bits per heavy atom. The first-order valence-corrected chi connectivity index (χ1v) is 17.5. The molecule has 1 saturated heterocycles. The molecule has 1 saturated carbocycles. The number of hydrogen-bond donors (Lipinski definition) is 2. The van der Waals surface area contributed by atoms with Crippen molar-refractivity contribution < 1.29 is 33.4 Å². The summed E-state index contributed by atoms with van der Waals surface area (Å²) in [4.78, 5) is 64.5. The van der Waals surface area contributed by atoms with Crippen molar-refractivity contribution in [2.45, 2.75) is 70.6 Å². The summed E-state index contributed by atoms with van der Waals surface area (Å²) in [5.41, 5.74) is 1.72. The summed E-state index contributed by atoms with van der Waals surface area (Å²) in [5, 5.41) is 5.67. The zero-order valence-electron chi connectivity index (χ0n) is 28.6. The molecule has 266 valence electrons. The van der Waals surface area contributed by atoms with E-state index in [1.807, 2.05) is 60.7 Å². The quantitative estimate of drug-likeness (QED) is 0.224. The molecule has 2 fully saturated rings. The third-order valence-electron chi connectivity index (χ3n) is 8.68. The summed E-state index contributed by atoms with van der Waals surface area (Å²) < 4.78 is 16.6. The van der Waals surface area contributed by atoms with Gasteiger partial charge in [0.2, 0.25) is 11.8 Å². The molecule has 1 aliphatic carbocycles. The minimum atomic E-state index is -0.865. The molecule has 2 heterocycles. The van der Waals surface area contributed by atoms with Crippen molar-refractivity contribution in [2.24, 2.45) is 0 Å². The molecule has 2 aromatic carbocycles. The lowest BCUT2D eigenvalue weighted by molar-refractivity contribution is -0.135. The first kappa shape index (κ1) is 36.1. The molecule has 4 amide bonds. The second-order valence-corrected chi connectivity index (χ2v) is 12.3. The van der Waals surface area contributed by atoms with E-state index in [0.29, 0.717) is 63.7 Å². The minimum absolute atomic E-state index is 0.0243. The Bertz CT molecular complexity index is 1560. The number of unbranched alkanes of at least 4 members (excludes halogenated alkanes) is 1. The molecular weight excluding hydrogens is 640 g/mol. The number of piperazine rings is 1. The van der Waals surface area contributed by atoms with Crippen LogP contribution in [0.4, 0.5) is 9.59 Å². The van der Waals surface area contributed by atoms with Crippen molar-refractivity contribution in [3.05, 3.63) is 78.0 Å². The van der Waals surface area contributed by atoms with Gasteiger partial charge in [0.25, 0.3) is 5.91 Å². The monoisotopic (exact) mass is 686 g/mol. The van der Waals surface area contributed by atoms with Gasteiger partial charge in [-0.25, -0.2) is 14.6 Å². The third kappa shape index (κ3) is 10.6. The molecule has 50 heavy (non-hydrogen) atoms. The Morgan fingerprint density at radius 1 is 0.860 bits per heavy atom. The number of rotatable bonds is 14. The van der Waals surface area contributed by atoms with Gasteiger partial charge in [-0.2, -0.15) is 4.98 Å². The van der Waals surface area contributed by atoms with E-state index in [4.69, 9.17) is 14.2 Å². The maximum atomic E-state index is 13.9. The van der Waals surface area contributed by atoms with Crippen molar-refractivity contribution in [1.29, 1.82) is 0 Å². The summed E-state index contributed by atoms with van der Waals surface area (Å²) in [7, 11) is 0. The smallest absolute Gasteiger partial charge is 0.409 e. The Morgan fingerprint density at radius 3 is 2.24 bits per heavy atom. The van der Waals surface area contributed by atoms with E-state index in [1.54, 1.807) is 16.7 Å². The normalized spacial score (nSPS) is 15.2. The van der Waals surface area contributed by atoms with Crippen LogP contribution in [0.25, 0.3) is 11.4 Å². The van der Waals surface area contributed by atoms with Crippen molar-refractivity contribution in [3.63, 3.8) is 0 Å². The predicted molar refractivity (Wildman–Crippen MR) is 185 cm³/mol. The van der Waals surface area contributed by atoms with Crippen molar-refractivity contribution >= 4 is 24.0 Å². The van der Waals surface area contributed by atoms with Gasteiger partial charge in [0.1, 0.15) is 24.4 Å². The second kappa shape index (κ2) is 18.5. The van der Waals surface area contributed by atoms with Crippen molar-refractivity contribution in [1.82, 2.24) is 30.4 Å². The Hall–Kier alpha value is -5.20. The molecule has 2 N–H and O–H groups in total. The van der Waals surface area contributed by atoms with Crippen LogP contribution in [0.2, 0.25) is 0 Å². The summed E-state index contributed by atoms with van der Waals surface area (Å²) in [6, 6.07) is 19.4. The first-order valence-electron chi connectivity index (χ1n) is 17.5. The van der Waals surface area contributed by atoms with Gasteiger partial charge in [0, 0.05) is 44.4 Å². The fourth-order valence-electron chi connectivity index (χ4n) is 5.97. The number of carbonyl (C=O) groups excluding carboxylic acids is 4. The number of nitrogens with zero attached hydrogens (tertiary/aromatic N) is 4. The number of amides is 4. The average molecular weight is 687 g/mol. The van der Waals surface area contributed by atoms with Crippen LogP contribution in [-0.4, -0.2) is 95.2 Å².